The Labute approximate surface area is 174 Å². The largest absolute Gasteiger partial charge is 0.339 e. The standard InChI is InChI=1S/C22H33N3O3S/c1-18-6-8-21(9-7-18)29(27,28)25-14-12-24(13-15-25)22(26)17-23-11-10-19-4-2-3-5-20(19)16-23/h6-9,19-20H,2-5,10-17H2,1H3/t19-,20-/m1/s1. The number of piperazine rings is 1. The van der Waals surface area contributed by atoms with E-state index in [0.29, 0.717) is 37.6 Å². The second kappa shape index (κ2) is 8.74. The van der Waals surface area contributed by atoms with E-state index < -0.39 is 10.0 Å². The van der Waals surface area contributed by atoms with E-state index in [1.807, 2.05) is 24.0 Å². The Bertz CT molecular complexity index is 816. The zero-order valence-corrected chi connectivity index (χ0v) is 18.2. The molecule has 1 aliphatic carbocycles. The van der Waals surface area contributed by atoms with Gasteiger partial charge in [0.1, 0.15) is 0 Å². The van der Waals surface area contributed by atoms with Gasteiger partial charge in [0.15, 0.2) is 0 Å². The van der Waals surface area contributed by atoms with E-state index in [1.165, 1.54) is 36.4 Å². The summed E-state index contributed by atoms with van der Waals surface area (Å²) in [4.78, 5) is 17.3. The molecule has 3 aliphatic rings. The summed E-state index contributed by atoms with van der Waals surface area (Å²) in [7, 11) is -3.48. The zero-order valence-electron chi connectivity index (χ0n) is 17.4. The minimum absolute atomic E-state index is 0.145. The van der Waals surface area contributed by atoms with Crippen LogP contribution in [-0.4, -0.2) is 74.2 Å². The maximum Gasteiger partial charge on any atom is 0.243 e. The number of benzene rings is 1. The minimum Gasteiger partial charge on any atom is -0.339 e. The summed E-state index contributed by atoms with van der Waals surface area (Å²) in [5.74, 6) is 1.78. The molecule has 0 spiro atoms. The van der Waals surface area contributed by atoms with Crippen molar-refractivity contribution in [1.29, 1.82) is 0 Å². The Morgan fingerprint density at radius 3 is 2.28 bits per heavy atom. The van der Waals surface area contributed by atoms with Gasteiger partial charge < -0.3 is 4.90 Å². The molecule has 160 valence electrons. The van der Waals surface area contributed by atoms with Crippen LogP contribution in [0.5, 0.6) is 0 Å². The second-order valence-electron chi connectivity index (χ2n) is 8.93. The van der Waals surface area contributed by atoms with Crippen LogP contribution in [0.25, 0.3) is 0 Å². The number of sulfonamides is 1. The molecule has 29 heavy (non-hydrogen) atoms. The first-order chi connectivity index (χ1) is 13.9. The number of fused-ring (bicyclic) bond motifs is 1. The Hall–Kier alpha value is -1.44. The molecule has 0 unspecified atom stereocenters. The molecule has 2 aliphatic heterocycles. The van der Waals surface area contributed by atoms with Crippen molar-refractivity contribution in [2.45, 2.75) is 43.9 Å². The van der Waals surface area contributed by atoms with Gasteiger partial charge in [0.2, 0.25) is 15.9 Å². The van der Waals surface area contributed by atoms with E-state index in [0.717, 1.165) is 30.5 Å². The first-order valence-corrected chi connectivity index (χ1v) is 12.4. The van der Waals surface area contributed by atoms with Crippen molar-refractivity contribution < 1.29 is 13.2 Å². The lowest BCUT2D eigenvalue weighted by Gasteiger charge is -2.42. The molecule has 1 saturated carbocycles. The van der Waals surface area contributed by atoms with Gasteiger partial charge in [0.05, 0.1) is 11.4 Å². The number of amides is 1. The average molecular weight is 420 g/mol. The molecule has 0 radical (unpaired) electrons. The molecule has 4 rings (SSSR count). The van der Waals surface area contributed by atoms with Crippen LogP contribution in [0.4, 0.5) is 0 Å². The normalized spacial score (nSPS) is 26.9. The number of likely N-dealkylation sites (tertiary alicyclic amines) is 1. The number of hydrogen-bond donors (Lipinski definition) is 0. The maximum absolute atomic E-state index is 12.8. The first kappa shape index (κ1) is 20.8. The number of carbonyl (C=O) groups is 1. The number of rotatable bonds is 4. The highest BCUT2D eigenvalue weighted by atomic mass is 32.2. The lowest BCUT2D eigenvalue weighted by Crippen LogP contribution is -2.53. The zero-order chi connectivity index (χ0) is 20.4. The summed E-state index contributed by atoms with van der Waals surface area (Å²) in [6, 6.07) is 6.97. The molecule has 2 atom stereocenters. The molecule has 6 nitrogen and oxygen atoms in total. The van der Waals surface area contributed by atoms with Gasteiger partial charge in [-0.3, -0.25) is 9.69 Å². The van der Waals surface area contributed by atoms with Crippen LogP contribution in [0.2, 0.25) is 0 Å². The topological polar surface area (TPSA) is 60.9 Å². The van der Waals surface area contributed by atoms with Crippen molar-refractivity contribution in [3.05, 3.63) is 29.8 Å². The quantitative estimate of drug-likeness (QED) is 0.752. The minimum atomic E-state index is -3.48. The second-order valence-corrected chi connectivity index (χ2v) is 10.9. The Balaban J connectivity index is 1.29. The van der Waals surface area contributed by atoms with Crippen molar-refractivity contribution in [1.82, 2.24) is 14.1 Å². The van der Waals surface area contributed by atoms with Gasteiger partial charge >= 0.3 is 0 Å². The summed E-state index contributed by atoms with van der Waals surface area (Å²) in [6.45, 7) is 6.19. The van der Waals surface area contributed by atoms with E-state index in [1.54, 1.807) is 12.1 Å². The molecule has 3 fully saturated rings. The first-order valence-electron chi connectivity index (χ1n) is 11.0. The van der Waals surface area contributed by atoms with Gasteiger partial charge in [-0.2, -0.15) is 4.31 Å². The third kappa shape index (κ3) is 4.67. The van der Waals surface area contributed by atoms with Crippen LogP contribution in [0.1, 0.15) is 37.7 Å². The summed E-state index contributed by atoms with van der Waals surface area (Å²) >= 11 is 0. The van der Waals surface area contributed by atoms with Crippen LogP contribution >= 0.6 is 0 Å². The van der Waals surface area contributed by atoms with Crippen molar-refractivity contribution in [2.24, 2.45) is 11.8 Å². The third-order valence-electron chi connectivity index (χ3n) is 6.98. The molecule has 7 heteroatoms. The summed E-state index contributed by atoms with van der Waals surface area (Å²) in [5.41, 5.74) is 1.04. The SMILES string of the molecule is Cc1ccc(S(=O)(=O)N2CCN(C(=O)CN3CC[C@H]4CCCC[C@@H]4C3)CC2)cc1. The average Bonchev–Trinajstić information content (AvgIpc) is 2.74. The summed E-state index contributed by atoms with van der Waals surface area (Å²) in [5, 5.41) is 0. The highest BCUT2D eigenvalue weighted by Gasteiger charge is 2.34. The van der Waals surface area contributed by atoms with Crippen LogP contribution in [0, 0.1) is 18.8 Å². The monoisotopic (exact) mass is 419 g/mol. The van der Waals surface area contributed by atoms with Crippen molar-refractivity contribution in [3.63, 3.8) is 0 Å². The fraction of sp³-hybridized carbons (Fsp3) is 0.682. The maximum atomic E-state index is 12.8. The number of piperidine rings is 1. The molecule has 1 aromatic carbocycles. The van der Waals surface area contributed by atoms with Gasteiger partial charge in [0.25, 0.3) is 0 Å². The fourth-order valence-corrected chi connectivity index (χ4v) is 6.57. The smallest absolute Gasteiger partial charge is 0.243 e. The van der Waals surface area contributed by atoms with Crippen molar-refractivity contribution in [2.75, 3.05) is 45.8 Å². The number of aryl methyl sites for hydroxylation is 1. The molecule has 0 aromatic heterocycles. The van der Waals surface area contributed by atoms with E-state index in [2.05, 4.69) is 4.90 Å². The van der Waals surface area contributed by atoms with E-state index in [9.17, 15) is 13.2 Å². The molecular weight excluding hydrogens is 386 g/mol. The van der Waals surface area contributed by atoms with Crippen molar-refractivity contribution >= 4 is 15.9 Å². The predicted octanol–water partition coefficient (Wildman–Crippen LogP) is 2.34. The van der Waals surface area contributed by atoms with Gasteiger partial charge in [-0.1, -0.05) is 37.0 Å². The van der Waals surface area contributed by atoms with Crippen LogP contribution in [-0.2, 0) is 14.8 Å². The van der Waals surface area contributed by atoms with Crippen LogP contribution in [0.3, 0.4) is 0 Å². The number of carbonyl (C=O) groups excluding carboxylic acids is 1. The highest BCUT2D eigenvalue weighted by molar-refractivity contribution is 7.89. The van der Waals surface area contributed by atoms with Gasteiger partial charge in [-0.05, 0) is 50.3 Å². The molecule has 1 aromatic rings. The third-order valence-corrected chi connectivity index (χ3v) is 8.90. The molecule has 0 bridgehead atoms. The Kier molecular flexibility index (Phi) is 6.27. The van der Waals surface area contributed by atoms with E-state index in [4.69, 9.17) is 0 Å². The van der Waals surface area contributed by atoms with Crippen LogP contribution < -0.4 is 0 Å². The Morgan fingerprint density at radius 2 is 1.59 bits per heavy atom. The van der Waals surface area contributed by atoms with Crippen LogP contribution in [0.15, 0.2) is 29.2 Å². The predicted molar refractivity (Wildman–Crippen MR) is 113 cm³/mol. The van der Waals surface area contributed by atoms with Crippen molar-refractivity contribution in [3.8, 4) is 0 Å². The molecule has 1 amide bonds. The fourth-order valence-electron chi connectivity index (χ4n) is 5.15. The summed E-state index contributed by atoms with van der Waals surface area (Å²) < 4.78 is 27.2. The molecule has 2 saturated heterocycles. The van der Waals surface area contributed by atoms with Gasteiger partial charge in [-0.15, -0.1) is 0 Å². The lowest BCUT2D eigenvalue weighted by atomic mass is 9.75. The molecule has 2 heterocycles. The van der Waals surface area contributed by atoms with Gasteiger partial charge in [-0.25, -0.2) is 8.42 Å². The summed E-state index contributed by atoms with van der Waals surface area (Å²) in [6.07, 6.45) is 6.60. The van der Waals surface area contributed by atoms with E-state index >= 15 is 0 Å². The number of nitrogens with zero attached hydrogens (tertiary/aromatic N) is 3. The lowest BCUT2D eigenvalue weighted by molar-refractivity contribution is -0.134. The highest BCUT2D eigenvalue weighted by Crippen LogP contribution is 2.36. The number of hydrogen-bond acceptors (Lipinski definition) is 4. The molecular formula is C22H33N3O3S. The molecule has 0 N–H and O–H groups in total. The van der Waals surface area contributed by atoms with Gasteiger partial charge in [0, 0.05) is 32.7 Å². The van der Waals surface area contributed by atoms with E-state index in [-0.39, 0.29) is 5.91 Å². The Morgan fingerprint density at radius 1 is 0.931 bits per heavy atom.